The fraction of sp³-hybridized carbons (Fsp3) is 0.250. The molecule has 7 heteroatoms. The van der Waals surface area contributed by atoms with E-state index in [-0.39, 0.29) is 17.6 Å². The molecule has 0 aliphatic carbocycles. The summed E-state index contributed by atoms with van der Waals surface area (Å²) in [6.45, 7) is 4.01. The number of thioether (sulfide) groups is 1. The van der Waals surface area contributed by atoms with Crippen molar-refractivity contribution in [3.05, 3.63) is 59.7 Å². The molecule has 0 saturated carbocycles. The first-order valence-electron chi connectivity index (χ1n) is 8.35. The second-order valence-corrected chi connectivity index (χ2v) is 7.05. The predicted molar refractivity (Wildman–Crippen MR) is 120 cm³/mol. The summed E-state index contributed by atoms with van der Waals surface area (Å²) in [7, 11) is 0. The molecule has 0 unspecified atom stereocenters. The van der Waals surface area contributed by atoms with Gasteiger partial charge in [0.2, 0.25) is 11.8 Å². The molecule has 2 amide bonds. The van der Waals surface area contributed by atoms with Gasteiger partial charge in [0.25, 0.3) is 0 Å². The molecule has 5 nitrogen and oxygen atoms in total. The van der Waals surface area contributed by atoms with E-state index < -0.39 is 0 Å². The van der Waals surface area contributed by atoms with Crippen molar-refractivity contribution in [2.45, 2.75) is 13.8 Å². The first-order valence-corrected chi connectivity index (χ1v) is 10.1. The molecule has 0 bridgehead atoms. The monoisotopic (exact) mass is 403 g/mol. The molecule has 0 aliphatic rings. The molecule has 27 heavy (non-hydrogen) atoms. The molecule has 144 valence electrons. The van der Waals surface area contributed by atoms with Gasteiger partial charge in [-0.15, -0.1) is 11.8 Å². The van der Waals surface area contributed by atoms with Crippen molar-refractivity contribution in [3.8, 4) is 0 Å². The van der Waals surface area contributed by atoms with E-state index in [1.165, 1.54) is 29.1 Å². The summed E-state index contributed by atoms with van der Waals surface area (Å²) < 4.78 is 0. The Morgan fingerprint density at radius 1 is 0.926 bits per heavy atom. The zero-order chi connectivity index (χ0) is 20.1. The Morgan fingerprint density at radius 2 is 1.37 bits per heavy atom. The van der Waals surface area contributed by atoms with E-state index in [2.05, 4.69) is 23.3 Å². The van der Waals surface area contributed by atoms with E-state index in [1.54, 1.807) is 0 Å². The molecular weight excluding hydrogens is 378 g/mol. The van der Waals surface area contributed by atoms with Crippen molar-refractivity contribution in [1.82, 2.24) is 0 Å². The second-order valence-electron chi connectivity index (χ2n) is 5.71. The number of anilines is 2. The summed E-state index contributed by atoms with van der Waals surface area (Å²) in [6, 6.07) is 15.3. The summed E-state index contributed by atoms with van der Waals surface area (Å²) >= 11 is 5.28. The standard InChI is InChI=1S/C11H14N2OS.C9H11NOS/c1-9-2-4-10(5-3-9)13-11(14)8-15-7-6-12;1-7-2-4-8(5-3-7)10-9(11)6-12/h2-6,12H,7-8H2,1H3,(H,13,14);2-5,12H,6H2,1H3,(H,10,11). The van der Waals surface area contributed by atoms with Crippen LogP contribution >= 0.6 is 24.4 Å². The zero-order valence-corrected chi connectivity index (χ0v) is 17.2. The maximum atomic E-state index is 11.4. The third-order valence-corrected chi connectivity index (χ3v) is 4.40. The van der Waals surface area contributed by atoms with Crippen LogP contribution in [-0.2, 0) is 9.59 Å². The Balaban J connectivity index is 0.000000277. The van der Waals surface area contributed by atoms with Crippen molar-refractivity contribution >= 4 is 53.8 Å². The van der Waals surface area contributed by atoms with E-state index in [9.17, 15) is 9.59 Å². The number of benzene rings is 2. The van der Waals surface area contributed by atoms with Crippen LogP contribution in [0.3, 0.4) is 0 Å². The van der Waals surface area contributed by atoms with E-state index >= 15 is 0 Å². The summed E-state index contributed by atoms with van der Waals surface area (Å²) in [5.41, 5.74) is 3.99. The van der Waals surface area contributed by atoms with E-state index in [0.29, 0.717) is 11.5 Å². The van der Waals surface area contributed by atoms with Gasteiger partial charge in [-0.1, -0.05) is 35.4 Å². The van der Waals surface area contributed by atoms with Gasteiger partial charge in [0.15, 0.2) is 0 Å². The van der Waals surface area contributed by atoms with Gasteiger partial charge in [-0.05, 0) is 38.1 Å². The highest BCUT2D eigenvalue weighted by Gasteiger charge is 2.01. The summed E-state index contributed by atoms with van der Waals surface area (Å²) in [4.78, 5) is 22.2. The molecular formula is C20H25N3O2S2. The predicted octanol–water partition coefficient (Wildman–Crippen LogP) is 4.18. The molecule has 0 saturated heterocycles. The number of hydrogen-bond donors (Lipinski definition) is 4. The highest BCUT2D eigenvalue weighted by molar-refractivity contribution is 8.00. The smallest absolute Gasteiger partial charge is 0.234 e. The maximum Gasteiger partial charge on any atom is 0.234 e. The Kier molecular flexibility index (Phi) is 11.0. The van der Waals surface area contributed by atoms with E-state index in [0.717, 1.165) is 11.4 Å². The molecule has 0 aliphatic heterocycles. The summed E-state index contributed by atoms with van der Waals surface area (Å²) in [5, 5.41) is 12.3. The highest BCUT2D eigenvalue weighted by atomic mass is 32.2. The fourth-order valence-corrected chi connectivity index (χ4v) is 2.45. The first kappa shape index (κ1) is 22.8. The van der Waals surface area contributed by atoms with Crippen LogP contribution in [0.25, 0.3) is 0 Å². The van der Waals surface area contributed by atoms with Crippen molar-refractivity contribution in [2.24, 2.45) is 0 Å². The van der Waals surface area contributed by atoms with Gasteiger partial charge in [-0.25, -0.2) is 0 Å². The van der Waals surface area contributed by atoms with Gasteiger partial charge in [0.05, 0.1) is 11.5 Å². The Morgan fingerprint density at radius 3 is 1.78 bits per heavy atom. The molecule has 0 atom stereocenters. The minimum Gasteiger partial charge on any atom is -0.325 e. The lowest BCUT2D eigenvalue weighted by molar-refractivity contribution is -0.114. The lowest BCUT2D eigenvalue weighted by Crippen LogP contribution is -2.14. The van der Waals surface area contributed by atoms with Crippen molar-refractivity contribution in [3.63, 3.8) is 0 Å². The quantitative estimate of drug-likeness (QED) is 0.318. The van der Waals surface area contributed by atoms with E-state index in [1.807, 2.05) is 62.4 Å². The van der Waals surface area contributed by atoms with Crippen LogP contribution < -0.4 is 10.6 Å². The zero-order valence-electron chi connectivity index (χ0n) is 15.5. The second kappa shape index (κ2) is 13.0. The van der Waals surface area contributed by atoms with Crippen LogP contribution in [0.5, 0.6) is 0 Å². The third-order valence-electron chi connectivity index (χ3n) is 3.25. The Bertz CT molecular complexity index is 732. The summed E-state index contributed by atoms with van der Waals surface area (Å²) in [5.74, 6) is 1.09. The molecule has 0 aromatic heterocycles. The number of hydrogen-bond acceptors (Lipinski definition) is 5. The maximum absolute atomic E-state index is 11.4. The van der Waals surface area contributed by atoms with Gasteiger partial charge in [-0.3, -0.25) is 9.59 Å². The lowest BCUT2D eigenvalue weighted by Gasteiger charge is -2.04. The molecule has 0 radical (unpaired) electrons. The fourth-order valence-electron chi connectivity index (χ4n) is 1.88. The first-order chi connectivity index (χ1) is 12.9. The minimum atomic E-state index is -0.0813. The number of nitrogens with one attached hydrogen (secondary N) is 3. The Hall–Kier alpha value is -2.25. The molecule has 2 aromatic rings. The van der Waals surface area contributed by atoms with Gasteiger partial charge >= 0.3 is 0 Å². The van der Waals surface area contributed by atoms with Crippen molar-refractivity contribution < 1.29 is 9.59 Å². The average molecular weight is 404 g/mol. The van der Waals surface area contributed by atoms with E-state index in [4.69, 9.17) is 5.41 Å². The Labute approximate surface area is 170 Å². The van der Waals surface area contributed by atoms with Gasteiger partial charge in [0.1, 0.15) is 0 Å². The van der Waals surface area contributed by atoms with Crippen LogP contribution in [0, 0.1) is 19.3 Å². The van der Waals surface area contributed by atoms with Gasteiger partial charge in [0, 0.05) is 23.3 Å². The average Bonchev–Trinajstić information content (AvgIpc) is 2.66. The molecule has 2 aromatic carbocycles. The largest absolute Gasteiger partial charge is 0.325 e. The molecule has 3 N–H and O–H groups in total. The topological polar surface area (TPSA) is 82.1 Å². The minimum absolute atomic E-state index is 0.0225. The number of amides is 2. The van der Waals surface area contributed by atoms with Gasteiger partial charge < -0.3 is 16.0 Å². The molecule has 0 fully saturated rings. The normalized spacial score (nSPS) is 9.59. The highest BCUT2D eigenvalue weighted by Crippen LogP contribution is 2.09. The van der Waals surface area contributed by atoms with Gasteiger partial charge in [-0.2, -0.15) is 12.6 Å². The van der Waals surface area contributed by atoms with Crippen LogP contribution in [0.1, 0.15) is 11.1 Å². The summed E-state index contributed by atoms with van der Waals surface area (Å²) in [6.07, 6.45) is 1.30. The third kappa shape index (κ3) is 10.5. The number of carbonyl (C=O) groups is 2. The number of rotatable bonds is 7. The molecule has 2 rings (SSSR count). The SMILES string of the molecule is Cc1ccc(NC(=O)CS)cc1.Cc1ccc(NC(=O)CSCC=N)cc1. The van der Waals surface area contributed by atoms with Crippen molar-refractivity contribution in [1.29, 1.82) is 5.41 Å². The molecule has 0 heterocycles. The van der Waals surface area contributed by atoms with Crippen LogP contribution in [-0.4, -0.2) is 35.3 Å². The number of aryl methyl sites for hydroxylation is 2. The lowest BCUT2D eigenvalue weighted by atomic mass is 10.2. The van der Waals surface area contributed by atoms with Crippen molar-refractivity contribution in [2.75, 3.05) is 27.9 Å². The van der Waals surface area contributed by atoms with Crippen LogP contribution in [0.15, 0.2) is 48.5 Å². The number of carbonyl (C=O) groups excluding carboxylic acids is 2. The molecule has 0 spiro atoms. The van der Waals surface area contributed by atoms with Crippen LogP contribution in [0.2, 0.25) is 0 Å². The number of thiol groups is 1. The van der Waals surface area contributed by atoms with Crippen LogP contribution in [0.4, 0.5) is 11.4 Å².